The molecule has 0 aliphatic rings. The molecule has 1 unspecified atom stereocenters. The van der Waals surface area contributed by atoms with Gasteiger partial charge in [0.15, 0.2) is 0 Å². The highest BCUT2D eigenvalue weighted by Crippen LogP contribution is 2.03. The minimum atomic E-state index is -0.796. The first kappa shape index (κ1) is 11.7. The van der Waals surface area contributed by atoms with Gasteiger partial charge in [0.1, 0.15) is 0 Å². The zero-order valence-electron chi connectivity index (χ0n) is 7.75. The SMILES string of the molecule is C=CC(=O)NCCCC(C)C(=O)O. The molecule has 0 heterocycles. The number of aliphatic carboxylic acids is 1. The quantitative estimate of drug-likeness (QED) is 0.475. The highest BCUT2D eigenvalue weighted by atomic mass is 16.4. The minimum absolute atomic E-state index is 0.219. The van der Waals surface area contributed by atoms with E-state index in [1.165, 1.54) is 6.08 Å². The summed E-state index contributed by atoms with van der Waals surface area (Å²) in [5.41, 5.74) is 0. The van der Waals surface area contributed by atoms with Gasteiger partial charge in [-0.2, -0.15) is 0 Å². The second-order valence-electron chi connectivity index (χ2n) is 2.88. The number of hydrogen-bond acceptors (Lipinski definition) is 2. The van der Waals surface area contributed by atoms with Crippen LogP contribution in [0.5, 0.6) is 0 Å². The van der Waals surface area contributed by atoms with Gasteiger partial charge in [-0.05, 0) is 18.9 Å². The monoisotopic (exact) mass is 185 g/mol. The minimum Gasteiger partial charge on any atom is -0.481 e. The normalized spacial score (nSPS) is 11.8. The Balaban J connectivity index is 3.40. The predicted molar refractivity (Wildman–Crippen MR) is 49.2 cm³/mol. The Labute approximate surface area is 77.6 Å². The molecule has 0 saturated heterocycles. The molecule has 0 aromatic rings. The van der Waals surface area contributed by atoms with Gasteiger partial charge in [-0.15, -0.1) is 0 Å². The number of nitrogens with one attached hydrogen (secondary N) is 1. The molecule has 0 aromatic heterocycles. The van der Waals surface area contributed by atoms with E-state index in [2.05, 4.69) is 11.9 Å². The van der Waals surface area contributed by atoms with E-state index in [0.29, 0.717) is 19.4 Å². The van der Waals surface area contributed by atoms with Gasteiger partial charge in [-0.3, -0.25) is 9.59 Å². The fraction of sp³-hybridized carbons (Fsp3) is 0.556. The molecule has 13 heavy (non-hydrogen) atoms. The third kappa shape index (κ3) is 5.90. The molecule has 0 bridgehead atoms. The van der Waals surface area contributed by atoms with E-state index in [1.54, 1.807) is 6.92 Å². The predicted octanol–water partition coefficient (Wildman–Crippen LogP) is 0.790. The first-order chi connectivity index (χ1) is 6.07. The highest BCUT2D eigenvalue weighted by molar-refractivity contribution is 5.86. The van der Waals surface area contributed by atoms with Gasteiger partial charge in [0.2, 0.25) is 5.91 Å². The lowest BCUT2D eigenvalue weighted by Gasteiger charge is -2.05. The Bertz CT molecular complexity index is 201. The van der Waals surface area contributed by atoms with Gasteiger partial charge >= 0.3 is 5.97 Å². The summed E-state index contributed by atoms with van der Waals surface area (Å²) >= 11 is 0. The second kappa shape index (κ2) is 6.22. The van der Waals surface area contributed by atoms with E-state index < -0.39 is 5.97 Å². The zero-order chi connectivity index (χ0) is 10.3. The number of carboxylic acid groups (broad SMARTS) is 1. The van der Waals surface area contributed by atoms with Crippen molar-refractivity contribution in [2.75, 3.05) is 6.54 Å². The van der Waals surface area contributed by atoms with E-state index in [-0.39, 0.29) is 11.8 Å². The van der Waals surface area contributed by atoms with Gasteiger partial charge in [0.05, 0.1) is 5.92 Å². The molecule has 0 rings (SSSR count). The van der Waals surface area contributed by atoms with Crippen molar-refractivity contribution in [3.05, 3.63) is 12.7 Å². The van der Waals surface area contributed by atoms with Crippen molar-refractivity contribution >= 4 is 11.9 Å². The number of hydrogen-bond donors (Lipinski definition) is 2. The lowest BCUT2D eigenvalue weighted by atomic mass is 10.1. The summed E-state index contributed by atoms with van der Waals surface area (Å²) in [5, 5.41) is 11.1. The van der Waals surface area contributed by atoms with Gasteiger partial charge in [0, 0.05) is 6.54 Å². The van der Waals surface area contributed by atoms with Crippen molar-refractivity contribution in [1.29, 1.82) is 0 Å². The van der Waals surface area contributed by atoms with Crippen molar-refractivity contribution in [3.8, 4) is 0 Å². The third-order valence-electron chi connectivity index (χ3n) is 1.72. The summed E-state index contributed by atoms with van der Waals surface area (Å²) in [7, 11) is 0. The maximum Gasteiger partial charge on any atom is 0.306 e. The number of amides is 1. The molecule has 1 amide bonds. The van der Waals surface area contributed by atoms with Crippen LogP contribution in [-0.4, -0.2) is 23.5 Å². The molecule has 0 aliphatic carbocycles. The standard InChI is InChI=1S/C9H15NO3/c1-3-8(11)10-6-4-5-7(2)9(12)13/h3,7H,1,4-6H2,2H3,(H,10,11)(H,12,13). The molecule has 0 radical (unpaired) electrons. The van der Waals surface area contributed by atoms with E-state index in [4.69, 9.17) is 5.11 Å². The van der Waals surface area contributed by atoms with Gasteiger partial charge in [0.25, 0.3) is 0 Å². The molecule has 0 fully saturated rings. The summed E-state index contributed by atoms with van der Waals surface area (Å²) in [6, 6.07) is 0. The summed E-state index contributed by atoms with van der Waals surface area (Å²) < 4.78 is 0. The van der Waals surface area contributed by atoms with Gasteiger partial charge in [-0.1, -0.05) is 13.5 Å². The first-order valence-electron chi connectivity index (χ1n) is 4.21. The van der Waals surface area contributed by atoms with E-state index in [1.807, 2.05) is 0 Å². The zero-order valence-corrected chi connectivity index (χ0v) is 7.75. The fourth-order valence-electron chi connectivity index (χ4n) is 0.815. The van der Waals surface area contributed by atoms with Crippen LogP contribution in [0.15, 0.2) is 12.7 Å². The second-order valence-corrected chi connectivity index (χ2v) is 2.88. The molecule has 4 nitrogen and oxygen atoms in total. The molecular weight excluding hydrogens is 170 g/mol. The van der Waals surface area contributed by atoms with Crippen LogP contribution in [0.2, 0.25) is 0 Å². The Morgan fingerprint density at radius 3 is 2.69 bits per heavy atom. The molecule has 74 valence electrons. The smallest absolute Gasteiger partial charge is 0.306 e. The Kier molecular flexibility index (Phi) is 5.59. The molecule has 1 atom stereocenters. The number of carboxylic acids is 1. The van der Waals surface area contributed by atoms with E-state index >= 15 is 0 Å². The topological polar surface area (TPSA) is 66.4 Å². The summed E-state index contributed by atoms with van der Waals surface area (Å²) in [4.78, 5) is 21.0. The average Bonchev–Trinajstić information content (AvgIpc) is 2.11. The maximum absolute atomic E-state index is 10.6. The van der Waals surface area contributed by atoms with E-state index in [0.717, 1.165) is 0 Å². The van der Waals surface area contributed by atoms with Crippen LogP contribution in [0, 0.1) is 5.92 Å². The van der Waals surface area contributed by atoms with Crippen LogP contribution in [0.1, 0.15) is 19.8 Å². The van der Waals surface area contributed by atoms with Crippen molar-refractivity contribution in [1.82, 2.24) is 5.32 Å². The first-order valence-corrected chi connectivity index (χ1v) is 4.21. The summed E-state index contributed by atoms with van der Waals surface area (Å²) in [5.74, 6) is -1.36. The van der Waals surface area contributed by atoms with Crippen molar-refractivity contribution in [3.63, 3.8) is 0 Å². The molecule has 4 heteroatoms. The Hall–Kier alpha value is -1.32. The summed E-state index contributed by atoms with van der Waals surface area (Å²) in [6.45, 7) is 5.45. The molecule has 0 spiro atoms. The number of carbonyl (C=O) groups is 2. The number of carbonyl (C=O) groups excluding carboxylic acids is 1. The Morgan fingerprint density at radius 1 is 1.62 bits per heavy atom. The molecule has 0 saturated carbocycles. The van der Waals surface area contributed by atoms with Crippen molar-refractivity contribution in [2.45, 2.75) is 19.8 Å². The number of rotatable bonds is 6. The molecule has 2 N–H and O–H groups in total. The van der Waals surface area contributed by atoms with E-state index in [9.17, 15) is 9.59 Å². The van der Waals surface area contributed by atoms with Crippen LogP contribution in [-0.2, 0) is 9.59 Å². The summed E-state index contributed by atoms with van der Waals surface area (Å²) in [6.07, 6.45) is 2.44. The Morgan fingerprint density at radius 2 is 2.23 bits per heavy atom. The third-order valence-corrected chi connectivity index (χ3v) is 1.72. The average molecular weight is 185 g/mol. The van der Waals surface area contributed by atoms with Crippen LogP contribution < -0.4 is 5.32 Å². The molecule has 0 aromatic carbocycles. The highest BCUT2D eigenvalue weighted by Gasteiger charge is 2.09. The van der Waals surface area contributed by atoms with Crippen LogP contribution >= 0.6 is 0 Å². The van der Waals surface area contributed by atoms with Crippen molar-refractivity contribution < 1.29 is 14.7 Å². The fourth-order valence-corrected chi connectivity index (χ4v) is 0.815. The van der Waals surface area contributed by atoms with Crippen molar-refractivity contribution in [2.24, 2.45) is 5.92 Å². The lowest BCUT2D eigenvalue weighted by molar-refractivity contribution is -0.141. The van der Waals surface area contributed by atoms with Gasteiger partial charge < -0.3 is 10.4 Å². The molecule has 0 aliphatic heterocycles. The van der Waals surface area contributed by atoms with Gasteiger partial charge in [-0.25, -0.2) is 0 Å². The van der Waals surface area contributed by atoms with Crippen LogP contribution in [0.25, 0.3) is 0 Å². The lowest BCUT2D eigenvalue weighted by Crippen LogP contribution is -2.22. The largest absolute Gasteiger partial charge is 0.481 e. The molecular formula is C9H15NO3. The van der Waals surface area contributed by atoms with Crippen LogP contribution in [0.4, 0.5) is 0 Å². The maximum atomic E-state index is 10.6. The van der Waals surface area contributed by atoms with Crippen LogP contribution in [0.3, 0.4) is 0 Å².